The average molecular weight is 427 g/mol. The molecule has 2 aromatic heterocycles. The van der Waals surface area contributed by atoms with Crippen molar-refractivity contribution >= 4 is 20.9 Å². The van der Waals surface area contributed by atoms with Crippen LogP contribution in [0.5, 0.6) is 0 Å². The minimum atomic E-state index is -3.72. The summed E-state index contributed by atoms with van der Waals surface area (Å²) < 4.78 is 28.5. The molecule has 0 N–H and O–H groups in total. The Morgan fingerprint density at radius 3 is 2.47 bits per heavy atom. The van der Waals surface area contributed by atoms with E-state index in [-0.39, 0.29) is 15.3 Å². The molecule has 0 spiro atoms. The molecule has 160 valence electrons. The van der Waals surface area contributed by atoms with Crippen LogP contribution in [0.1, 0.15) is 64.5 Å². The summed E-state index contributed by atoms with van der Waals surface area (Å²) in [6, 6.07) is 6.71. The van der Waals surface area contributed by atoms with E-state index in [1.165, 1.54) is 44.4 Å². The number of aryl methyl sites for hydroxylation is 1. The van der Waals surface area contributed by atoms with Crippen molar-refractivity contribution in [1.29, 1.82) is 0 Å². The van der Waals surface area contributed by atoms with E-state index < -0.39 is 9.84 Å². The highest BCUT2D eigenvalue weighted by molar-refractivity contribution is 7.91. The fourth-order valence-electron chi connectivity index (χ4n) is 4.37. The van der Waals surface area contributed by atoms with Crippen LogP contribution < -0.4 is 0 Å². The Labute approximate surface area is 178 Å². The zero-order chi connectivity index (χ0) is 21.5. The van der Waals surface area contributed by atoms with E-state index in [1.807, 2.05) is 6.07 Å². The topological polar surface area (TPSA) is 77.7 Å². The summed E-state index contributed by atoms with van der Waals surface area (Å²) in [4.78, 5) is 13.2. The summed E-state index contributed by atoms with van der Waals surface area (Å²) in [7, 11) is -3.72. The van der Waals surface area contributed by atoms with Gasteiger partial charge in [0.05, 0.1) is 15.9 Å². The lowest BCUT2D eigenvalue weighted by molar-refractivity contribution is 0.313. The molecule has 0 radical (unpaired) electrons. The normalized spacial score (nSPS) is 16.3. The van der Waals surface area contributed by atoms with E-state index in [2.05, 4.69) is 35.3 Å². The first kappa shape index (κ1) is 21.0. The van der Waals surface area contributed by atoms with Crippen LogP contribution in [-0.4, -0.2) is 27.9 Å². The van der Waals surface area contributed by atoms with E-state index in [0.29, 0.717) is 11.7 Å². The summed E-state index contributed by atoms with van der Waals surface area (Å²) in [5.41, 5.74) is 1.60. The van der Waals surface area contributed by atoms with E-state index in [1.54, 1.807) is 19.1 Å². The highest BCUT2D eigenvalue weighted by Gasteiger charge is 2.27. The standard InChI is InChI=1S/C23H30N4O2S/c1-16-24-13-12-21(25-16)30(28,29)18-10-11-20-19(14-18)26-22(23(2,3)4)27(20)15-17-8-6-5-7-9-17/h10-14,17H,5-9,15H2,1-4H3. The second-order valence-corrected chi connectivity index (χ2v) is 11.3. The Kier molecular flexibility index (Phi) is 5.43. The number of nitrogens with zero attached hydrogens (tertiary/aromatic N) is 4. The fourth-order valence-corrected chi connectivity index (χ4v) is 5.61. The van der Waals surface area contributed by atoms with Gasteiger partial charge in [-0.15, -0.1) is 0 Å². The Morgan fingerprint density at radius 1 is 1.07 bits per heavy atom. The monoisotopic (exact) mass is 426 g/mol. The summed E-state index contributed by atoms with van der Waals surface area (Å²) in [6.07, 6.45) is 7.90. The lowest BCUT2D eigenvalue weighted by Crippen LogP contribution is -2.22. The largest absolute Gasteiger partial charge is 0.327 e. The SMILES string of the molecule is Cc1nccc(S(=O)(=O)c2ccc3c(c2)nc(C(C)(C)C)n3CC2CCCCC2)n1. The molecule has 0 bridgehead atoms. The van der Waals surface area contributed by atoms with Gasteiger partial charge in [0.25, 0.3) is 0 Å². The molecule has 3 aromatic rings. The van der Waals surface area contributed by atoms with Crippen molar-refractivity contribution in [2.45, 2.75) is 81.7 Å². The van der Waals surface area contributed by atoms with Crippen LogP contribution in [0, 0.1) is 12.8 Å². The minimum absolute atomic E-state index is 0.0204. The first-order chi connectivity index (χ1) is 14.2. The summed E-state index contributed by atoms with van der Waals surface area (Å²) >= 11 is 0. The smallest absolute Gasteiger partial charge is 0.224 e. The third kappa shape index (κ3) is 4.00. The second kappa shape index (κ2) is 7.76. The molecule has 2 heterocycles. The van der Waals surface area contributed by atoms with Crippen LogP contribution in [0.4, 0.5) is 0 Å². The van der Waals surface area contributed by atoms with E-state index >= 15 is 0 Å². The third-order valence-electron chi connectivity index (χ3n) is 5.89. The highest BCUT2D eigenvalue weighted by atomic mass is 32.2. The molecule has 1 aliphatic carbocycles. The number of hydrogen-bond donors (Lipinski definition) is 0. The fraction of sp³-hybridized carbons (Fsp3) is 0.522. The Hall–Kier alpha value is -2.28. The van der Waals surface area contributed by atoms with Crippen molar-refractivity contribution in [3.8, 4) is 0 Å². The number of fused-ring (bicyclic) bond motifs is 1. The predicted molar refractivity (Wildman–Crippen MR) is 117 cm³/mol. The lowest BCUT2D eigenvalue weighted by atomic mass is 9.88. The van der Waals surface area contributed by atoms with E-state index in [0.717, 1.165) is 23.4 Å². The maximum Gasteiger partial charge on any atom is 0.224 e. The Morgan fingerprint density at radius 2 is 1.80 bits per heavy atom. The number of imidazole rings is 1. The van der Waals surface area contributed by atoms with Crippen LogP contribution in [0.3, 0.4) is 0 Å². The Bertz CT molecular complexity index is 1170. The quantitative estimate of drug-likeness (QED) is 0.558. The third-order valence-corrected chi connectivity index (χ3v) is 7.54. The first-order valence-corrected chi connectivity index (χ1v) is 12.2. The molecule has 0 saturated heterocycles. The maximum absolute atomic E-state index is 13.1. The van der Waals surface area contributed by atoms with Gasteiger partial charge in [0, 0.05) is 18.2 Å². The number of benzene rings is 1. The van der Waals surface area contributed by atoms with E-state index in [9.17, 15) is 8.42 Å². The summed E-state index contributed by atoms with van der Waals surface area (Å²) in [6.45, 7) is 9.11. The molecule has 0 unspecified atom stereocenters. The van der Waals surface area contributed by atoms with Crippen molar-refractivity contribution in [3.05, 3.63) is 42.1 Å². The summed E-state index contributed by atoms with van der Waals surface area (Å²) in [5.74, 6) is 2.10. The molecule has 6 nitrogen and oxygen atoms in total. The summed E-state index contributed by atoms with van der Waals surface area (Å²) in [5, 5.41) is 0.0204. The first-order valence-electron chi connectivity index (χ1n) is 10.7. The van der Waals surface area contributed by atoms with Gasteiger partial charge in [-0.25, -0.2) is 23.4 Å². The van der Waals surface area contributed by atoms with Gasteiger partial charge in [-0.05, 0) is 49.9 Å². The zero-order valence-corrected chi connectivity index (χ0v) is 19.0. The molecule has 7 heteroatoms. The van der Waals surface area contributed by atoms with Crippen molar-refractivity contribution in [3.63, 3.8) is 0 Å². The molecule has 0 aliphatic heterocycles. The van der Waals surface area contributed by atoms with Crippen LogP contribution >= 0.6 is 0 Å². The van der Waals surface area contributed by atoms with Gasteiger partial charge in [0.2, 0.25) is 9.84 Å². The number of aromatic nitrogens is 4. The van der Waals surface area contributed by atoms with Crippen molar-refractivity contribution in [2.75, 3.05) is 0 Å². The molecule has 30 heavy (non-hydrogen) atoms. The van der Waals surface area contributed by atoms with Gasteiger partial charge >= 0.3 is 0 Å². The van der Waals surface area contributed by atoms with Crippen molar-refractivity contribution in [2.24, 2.45) is 5.92 Å². The molecule has 4 rings (SSSR count). The lowest BCUT2D eigenvalue weighted by Gasteiger charge is -2.26. The average Bonchev–Trinajstić information content (AvgIpc) is 3.07. The van der Waals surface area contributed by atoms with Gasteiger partial charge in [-0.1, -0.05) is 40.0 Å². The predicted octanol–water partition coefficient (Wildman–Crippen LogP) is 4.85. The molecule has 1 aliphatic rings. The van der Waals surface area contributed by atoms with Crippen molar-refractivity contribution in [1.82, 2.24) is 19.5 Å². The molecular formula is C23H30N4O2S. The number of hydrogen-bond acceptors (Lipinski definition) is 5. The van der Waals surface area contributed by atoms with Crippen LogP contribution in [0.2, 0.25) is 0 Å². The minimum Gasteiger partial charge on any atom is -0.327 e. The maximum atomic E-state index is 13.1. The van der Waals surface area contributed by atoms with Crippen LogP contribution in [-0.2, 0) is 21.8 Å². The molecule has 1 fully saturated rings. The second-order valence-electron chi connectivity index (χ2n) is 9.40. The van der Waals surface area contributed by atoms with Gasteiger partial charge < -0.3 is 4.57 Å². The molecule has 1 aromatic carbocycles. The highest BCUT2D eigenvalue weighted by Crippen LogP contribution is 2.32. The van der Waals surface area contributed by atoms with Gasteiger partial charge in [0.1, 0.15) is 11.6 Å². The van der Waals surface area contributed by atoms with E-state index in [4.69, 9.17) is 4.98 Å². The molecule has 0 amide bonds. The van der Waals surface area contributed by atoms with Crippen LogP contribution in [0.25, 0.3) is 11.0 Å². The molecule has 0 atom stereocenters. The molecule has 1 saturated carbocycles. The molecular weight excluding hydrogens is 396 g/mol. The van der Waals surface area contributed by atoms with Gasteiger partial charge in [0.15, 0.2) is 5.03 Å². The van der Waals surface area contributed by atoms with Gasteiger partial charge in [-0.2, -0.15) is 0 Å². The van der Waals surface area contributed by atoms with Crippen LogP contribution in [0.15, 0.2) is 40.4 Å². The zero-order valence-electron chi connectivity index (χ0n) is 18.2. The van der Waals surface area contributed by atoms with Gasteiger partial charge in [-0.3, -0.25) is 0 Å². The number of rotatable bonds is 4. The van der Waals surface area contributed by atoms with Crippen molar-refractivity contribution < 1.29 is 8.42 Å². The Balaban J connectivity index is 1.80. The number of sulfone groups is 1.